The summed E-state index contributed by atoms with van der Waals surface area (Å²) in [5.74, 6) is 1.79. The van der Waals surface area contributed by atoms with Gasteiger partial charge in [0.25, 0.3) is 5.91 Å². The van der Waals surface area contributed by atoms with E-state index in [-0.39, 0.29) is 5.91 Å². The van der Waals surface area contributed by atoms with E-state index in [4.69, 9.17) is 4.52 Å². The fraction of sp³-hybridized carbons (Fsp3) is 0.600. The molecule has 2 atom stereocenters. The van der Waals surface area contributed by atoms with E-state index >= 15 is 0 Å². The first-order valence-electron chi connectivity index (χ1n) is 5.09. The minimum Gasteiger partial charge on any atom is -0.361 e. The molecule has 0 aliphatic carbocycles. The number of fused-ring (bicyclic) bond motifs is 2. The molecule has 2 bridgehead atoms. The fourth-order valence-electron chi connectivity index (χ4n) is 2.31. The summed E-state index contributed by atoms with van der Waals surface area (Å²) in [6.45, 7) is 2.67. The molecule has 0 aromatic carbocycles. The molecule has 15 heavy (non-hydrogen) atoms. The van der Waals surface area contributed by atoms with Crippen LogP contribution in [0.3, 0.4) is 0 Å². The van der Waals surface area contributed by atoms with Crippen molar-refractivity contribution >= 4 is 17.7 Å². The topological polar surface area (TPSA) is 46.3 Å². The van der Waals surface area contributed by atoms with E-state index in [0.717, 1.165) is 18.7 Å². The summed E-state index contributed by atoms with van der Waals surface area (Å²) in [6.07, 6.45) is 2.68. The number of hydrogen-bond acceptors (Lipinski definition) is 4. The van der Waals surface area contributed by atoms with Crippen LogP contribution < -0.4 is 0 Å². The minimum absolute atomic E-state index is 0.0848. The Kier molecular flexibility index (Phi) is 2.02. The highest BCUT2D eigenvalue weighted by Crippen LogP contribution is 2.38. The SMILES string of the molecule is Cc1oncc1C(=O)N1CC2CC1CS2. The normalized spacial score (nSPS) is 28.7. The number of hydrogen-bond donors (Lipinski definition) is 0. The molecule has 1 aromatic rings. The predicted octanol–water partition coefficient (Wildman–Crippen LogP) is 1.31. The van der Waals surface area contributed by atoms with Gasteiger partial charge in [-0.2, -0.15) is 11.8 Å². The van der Waals surface area contributed by atoms with E-state index < -0.39 is 0 Å². The van der Waals surface area contributed by atoms with Crippen molar-refractivity contribution in [3.63, 3.8) is 0 Å². The highest BCUT2D eigenvalue weighted by Gasteiger charge is 2.41. The second-order valence-electron chi connectivity index (χ2n) is 4.10. The van der Waals surface area contributed by atoms with E-state index in [1.165, 1.54) is 6.20 Å². The number of aromatic nitrogens is 1. The summed E-state index contributed by atoms with van der Waals surface area (Å²) >= 11 is 1.98. The molecule has 2 unspecified atom stereocenters. The van der Waals surface area contributed by atoms with Gasteiger partial charge in [-0.3, -0.25) is 4.79 Å². The van der Waals surface area contributed by atoms with Gasteiger partial charge in [-0.1, -0.05) is 5.16 Å². The molecule has 0 spiro atoms. The number of amides is 1. The van der Waals surface area contributed by atoms with E-state index in [1.54, 1.807) is 6.92 Å². The number of likely N-dealkylation sites (tertiary alicyclic amines) is 1. The summed E-state index contributed by atoms with van der Waals surface area (Å²) in [5.41, 5.74) is 0.618. The van der Waals surface area contributed by atoms with E-state index in [1.807, 2.05) is 16.7 Å². The zero-order valence-electron chi connectivity index (χ0n) is 8.47. The van der Waals surface area contributed by atoms with Crippen LogP contribution in [-0.4, -0.2) is 39.6 Å². The zero-order chi connectivity index (χ0) is 10.4. The Hall–Kier alpha value is -0.970. The summed E-state index contributed by atoms with van der Waals surface area (Å²) in [5, 5.41) is 4.30. The monoisotopic (exact) mass is 224 g/mol. The van der Waals surface area contributed by atoms with Crippen molar-refractivity contribution in [2.45, 2.75) is 24.6 Å². The van der Waals surface area contributed by atoms with Crippen molar-refractivity contribution in [1.29, 1.82) is 0 Å². The van der Waals surface area contributed by atoms with Gasteiger partial charge >= 0.3 is 0 Å². The van der Waals surface area contributed by atoms with Gasteiger partial charge in [0.1, 0.15) is 11.3 Å². The third kappa shape index (κ3) is 1.37. The fourth-order valence-corrected chi connectivity index (χ4v) is 3.74. The van der Waals surface area contributed by atoms with Crippen molar-refractivity contribution < 1.29 is 9.32 Å². The van der Waals surface area contributed by atoms with E-state index in [9.17, 15) is 4.79 Å². The van der Waals surface area contributed by atoms with E-state index in [0.29, 0.717) is 22.6 Å². The summed E-state index contributed by atoms with van der Waals surface area (Å²) in [4.78, 5) is 14.1. The molecular weight excluding hydrogens is 212 g/mol. The average Bonchev–Trinajstić information content (AvgIpc) is 2.91. The summed E-state index contributed by atoms with van der Waals surface area (Å²) in [6, 6.07) is 0.432. The molecule has 3 rings (SSSR count). The number of carbonyl (C=O) groups is 1. The molecule has 1 aromatic heterocycles. The summed E-state index contributed by atoms with van der Waals surface area (Å²) < 4.78 is 4.92. The Morgan fingerprint density at radius 1 is 1.73 bits per heavy atom. The summed E-state index contributed by atoms with van der Waals surface area (Å²) in [7, 11) is 0. The first-order valence-corrected chi connectivity index (χ1v) is 6.14. The Morgan fingerprint density at radius 2 is 2.60 bits per heavy atom. The molecule has 1 amide bonds. The van der Waals surface area contributed by atoms with Gasteiger partial charge in [0, 0.05) is 23.6 Å². The average molecular weight is 224 g/mol. The molecule has 4 nitrogen and oxygen atoms in total. The molecule has 2 fully saturated rings. The Morgan fingerprint density at radius 3 is 3.13 bits per heavy atom. The van der Waals surface area contributed by atoms with Crippen LogP contribution in [0.2, 0.25) is 0 Å². The van der Waals surface area contributed by atoms with Crippen LogP contribution in [0, 0.1) is 6.92 Å². The maximum absolute atomic E-state index is 12.1. The zero-order valence-corrected chi connectivity index (χ0v) is 9.29. The Balaban J connectivity index is 1.84. The standard InChI is InChI=1S/C10H12N2O2S/c1-6-9(3-11-14-6)10(13)12-4-8-2-7(12)5-15-8/h3,7-8H,2,4-5H2,1H3. The number of carbonyl (C=O) groups excluding carboxylic acids is 1. The quantitative estimate of drug-likeness (QED) is 0.721. The Labute approximate surface area is 92.0 Å². The van der Waals surface area contributed by atoms with Crippen molar-refractivity contribution in [3.8, 4) is 0 Å². The molecule has 2 aliphatic rings. The lowest BCUT2D eigenvalue weighted by Crippen LogP contribution is -2.39. The predicted molar refractivity (Wildman–Crippen MR) is 56.9 cm³/mol. The maximum atomic E-state index is 12.1. The van der Waals surface area contributed by atoms with Crippen molar-refractivity contribution in [1.82, 2.24) is 10.1 Å². The van der Waals surface area contributed by atoms with Gasteiger partial charge < -0.3 is 9.42 Å². The van der Waals surface area contributed by atoms with Crippen LogP contribution >= 0.6 is 11.8 Å². The highest BCUT2D eigenvalue weighted by molar-refractivity contribution is 8.00. The van der Waals surface area contributed by atoms with Crippen LogP contribution in [0.25, 0.3) is 0 Å². The molecule has 0 radical (unpaired) electrons. The van der Waals surface area contributed by atoms with Gasteiger partial charge in [0.15, 0.2) is 0 Å². The molecule has 0 N–H and O–H groups in total. The Bertz CT molecular complexity index is 404. The van der Waals surface area contributed by atoms with Crippen LogP contribution in [0.5, 0.6) is 0 Å². The molecule has 3 heterocycles. The van der Waals surface area contributed by atoms with Gasteiger partial charge in [0.05, 0.1) is 6.20 Å². The minimum atomic E-state index is 0.0848. The third-order valence-electron chi connectivity index (χ3n) is 3.14. The van der Waals surface area contributed by atoms with Crippen LogP contribution in [0.1, 0.15) is 22.5 Å². The van der Waals surface area contributed by atoms with Gasteiger partial charge in [-0.25, -0.2) is 0 Å². The van der Waals surface area contributed by atoms with Crippen LogP contribution in [0.15, 0.2) is 10.7 Å². The number of aryl methyl sites for hydroxylation is 1. The smallest absolute Gasteiger partial charge is 0.259 e. The lowest BCUT2D eigenvalue weighted by Gasteiger charge is -2.26. The molecule has 0 saturated carbocycles. The van der Waals surface area contributed by atoms with Crippen molar-refractivity contribution in [3.05, 3.63) is 17.5 Å². The maximum Gasteiger partial charge on any atom is 0.259 e. The molecular formula is C10H12N2O2S. The lowest BCUT2D eigenvalue weighted by atomic mass is 10.2. The molecule has 2 aliphatic heterocycles. The van der Waals surface area contributed by atoms with Crippen molar-refractivity contribution in [2.24, 2.45) is 0 Å². The highest BCUT2D eigenvalue weighted by atomic mass is 32.2. The largest absolute Gasteiger partial charge is 0.361 e. The lowest BCUT2D eigenvalue weighted by molar-refractivity contribution is 0.0746. The second-order valence-corrected chi connectivity index (χ2v) is 5.43. The van der Waals surface area contributed by atoms with Crippen molar-refractivity contribution in [2.75, 3.05) is 12.3 Å². The first-order chi connectivity index (χ1) is 7.25. The third-order valence-corrected chi connectivity index (χ3v) is 4.53. The number of thioether (sulfide) groups is 1. The number of rotatable bonds is 1. The molecule has 5 heteroatoms. The van der Waals surface area contributed by atoms with Gasteiger partial charge in [0.2, 0.25) is 0 Å². The molecule has 80 valence electrons. The van der Waals surface area contributed by atoms with E-state index in [2.05, 4.69) is 5.16 Å². The van der Waals surface area contributed by atoms with Gasteiger partial charge in [-0.05, 0) is 13.3 Å². The number of nitrogens with zero attached hydrogens (tertiary/aromatic N) is 2. The van der Waals surface area contributed by atoms with Crippen LogP contribution in [0.4, 0.5) is 0 Å². The molecule has 2 saturated heterocycles. The van der Waals surface area contributed by atoms with Crippen LogP contribution in [-0.2, 0) is 0 Å². The second kappa shape index (κ2) is 3.27. The van der Waals surface area contributed by atoms with Gasteiger partial charge in [-0.15, -0.1) is 0 Å². The first kappa shape index (κ1) is 9.27.